The van der Waals surface area contributed by atoms with E-state index < -0.39 is 10.8 Å². The minimum atomic E-state index is -0.419. The second-order valence-electron chi connectivity index (χ2n) is 15.8. The lowest BCUT2D eigenvalue weighted by Crippen LogP contribution is -2.31. The van der Waals surface area contributed by atoms with Crippen molar-refractivity contribution in [3.63, 3.8) is 0 Å². The fourth-order valence-electron chi connectivity index (χ4n) is 11.7. The number of hydrogen-bond donors (Lipinski definition) is 0. The fourth-order valence-corrected chi connectivity index (χ4v) is 11.7. The summed E-state index contributed by atoms with van der Waals surface area (Å²) in [6.45, 7) is 2.38. The van der Waals surface area contributed by atoms with Gasteiger partial charge in [-0.2, -0.15) is 0 Å². The monoisotopic (exact) mass is 676 g/mol. The van der Waals surface area contributed by atoms with Crippen LogP contribution in [0, 0.1) is 5.92 Å². The molecule has 53 heavy (non-hydrogen) atoms. The minimum Gasteiger partial charge on any atom is -0.289 e. The lowest BCUT2D eigenvalue weighted by molar-refractivity contribution is 0.103. The summed E-state index contributed by atoms with van der Waals surface area (Å²) in [4.78, 5) is 15.1. The SMILES string of the molecule is CC1CC=CC2=C1C1(c3ccccc32)c2ccccc2-c2ccc(C(=O)C3=CCC4C(=C3)C3(c5ccccc5-c5ccccc53)c3ccccc34)cc21. The first kappa shape index (κ1) is 29.5. The number of rotatable bonds is 2. The third kappa shape index (κ3) is 3.43. The summed E-state index contributed by atoms with van der Waals surface area (Å²) in [5.74, 6) is 0.703. The Labute approximate surface area is 310 Å². The summed E-state index contributed by atoms with van der Waals surface area (Å²) >= 11 is 0. The zero-order valence-electron chi connectivity index (χ0n) is 29.6. The molecule has 3 atom stereocenters. The van der Waals surface area contributed by atoms with Crippen LogP contribution in [0.15, 0.2) is 181 Å². The van der Waals surface area contributed by atoms with Gasteiger partial charge in [-0.05, 0) is 114 Å². The van der Waals surface area contributed by atoms with Crippen LogP contribution < -0.4 is 0 Å². The Morgan fingerprint density at radius 2 is 1.11 bits per heavy atom. The third-order valence-electron chi connectivity index (χ3n) is 13.5. The van der Waals surface area contributed by atoms with Gasteiger partial charge in [-0.1, -0.05) is 159 Å². The van der Waals surface area contributed by atoms with Gasteiger partial charge >= 0.3 is 0 Å². The molecule has 0 aromatic heterocycles. The molecule has 0 heterocycles. The summed E-state index contributed by atoms with van der Waals surface area (Å²) < 4.78 is 0. The normalized spacial score (nSPS) is 22.7. The van der Waals surface area contributed by atoms with E-state index in [1.54, 1.807) is 0 Å². The molecule has 0 fully saturated rings. The molecule has 250 valence electrons. The average molecular weight is 677 g/mol. The van der Waals surface area contributed by atoms with Gasteiger partial charge in [0.2, 0.25) is 0 Å². The maximum atomic E-state index is 15.1. The average Bonchev–Trinajstić information content (AvgIpc) is 3.89. The molecule has 0 N–H and O–H groups in total. The summed E-state index contributed by atoms with van der Waals surface area (Å²) in [7, 11) is 0. The number of Topliss-reactive ketones (excluding diaryl/α,β-unsaturated/α-hetero) is 1. The quantitative estimate of drug-likeness (QED) is 0.167. The van der Waals surface area contributed by atoms with E-state index in [1.807, 2.05) is 0 Å². The Morgan fingerprint density at radius 3 is 1.79 bits per heavy atom. The molecule has 2 spiro atoms. The van der Waals surface area contributed by atoms with Crippen LogP contribution in [-0.2, 0) is 10.8 Å². The summed E-state index contributed by atoms with van der Waals surface area (Å²) in [5, 5.41) is 0. The van der Waals surface area contributed by atoms with E-state index in [9.17, 15) is 0 Å². The highest BCUT2D eigenvalue weighted by molar-refractivity contribution is 6.12. The molecule has 0 radical (unpaired) electrons. The summed E-state index contributed by atoms with van der Waals surface area (Å²) in [5.41, 5.74) is 20.6. The number of ketones is 1. The van der Waals surface area contributed by atoms with Crippen LogP contribution in [-0.4, -0.2) is 5.78 Å². The van der Waals surface area contributed by atoms with E-state index in [-0.39, 0.29) is 11.7 Å². The second-order valence-corrected chi connectivity index (χ2v) is 15.8. The highest BCUT2D eigenvalue weighted by atomic mass is 16.1. The van der Waals surface area contributed by atoms with Gasteiger partial charge < -0.3 is 0 Å². The van der Waals surface area contributed by atoms with Gasteiger partial charge in [0.25, 0.3) is 0 Å². The predicted molar refractivity (Wildman–Crippen MR) is 214 cm³/mol. The van der Waals surface area contributed by atoms with Crippen LogP contribution in [0.1, 0.15) is 80.5 Å². The van der Waals surface area contributed by atoms with Gasteiger partial charge in [0.1, 0.15) is 0 Å². The molecule has 6 aromatic rings. The smallest absolute Gasteiger partial charge is 0.192 e. The van der Waals surface area contributed by atoms with Crippen LogP contribution in [0.25, 0.3) is 27.8 Å². The van der Waals surface area contributed by atoms with E-state index >= 15 is 4.79 Å². The van der Waals surface area contributed by atoms with Gasteiger partial charge in [0, 0.05) is 17.1 Å². The number of hydrogen-bond acceptors (Lipinski definition) is 1. The highest BCUT2D eigenvalue weighted by Crippen LogP contribution is 2.66. The third-order valence-corrected chi connectivity index (χ3v) is 13.5. The zero-order valence-corrected chi connectivity index (χ0v) is 29.6. The molecule has 0 bridgehead atoms. The Hall–Kier alpha value is -6.05. The van der Waals surface area contributed by atoms with Gasteiger partial charge in [-0.25, -0.2) is 0 Å². The topological polar surface area (TPSA) is 17.1 Å². The van der Waals surface area contributed by atoms with Crippen LogP contribution in [0.3, 0.4) is 0 Å². The van der Waals surface area contributed by atoms with E-state index in [2.05, 4.69) is 171 Å². The molecule has 0 saturated carbocycles. The maximum absolute atomic E-state index is 15.1. The van der Waals surface area contributed by atoms with Crippen LogP contribution in [0.4, 0.5) is 0 Å². The van der Waals surface area contributed by atoms with Crippen LogP contribution in [0.2, 0.25) is 0 Å². The lowest BCUT2D eigenvalue weighted by atomic mass is 9.65. The molecular weight excluding hydrogens is 641 g/mol. The van der Waals surface area contributed by atoms with Crippen molar-refractivity contribution in [2.24, 2.45) is 5.92 Å². The zero-order chi connectivity index (χ0) is 35.1. The number of fused-ring (bicyclic) bond motifs is 19. The molecule has 0 saturated heterocycles. The number of allylic oxidation sites excluding steroid dienone is 8. The Kier molecular flexibility index (Phi) is 5.74. The Balaban J connectivity index is 1.05. The molecule has 3 unspecified atom stereocenters. The largest absolute Gasteiger partial charge is 0.289 e. The van der Waals surface area contributed by atoms with Crippen molar-refractivity contribution in [1.29, 1.82) is 0 Å². The van der Waals surface area contributed by atoms with Gasteiger partial charge in [-0.3, -0.25) is 4.79 Å². The highest BCUT2D eigenvalue weighted by Gasteiger charge is 2.56. The van der Waals surface area contributed by atoms with Crippen molar-refractivity contribution in [1.82, 2.24) is 0 Å². The standard InChI is InChI=1S/C52H36O/c1-31-13-12-19-41-38-18-6-11-24-46(38)52(49(31)41)45-23-10-5-17-37(45)40-28-26-33(30-48(40)52)50(53)32-25-27-39-36-16-4-9-22-44(36)51(47(39)29-32)42-20-7-2-14-34(42)35-15-3-8-21-43(35)51/h2-12,14-26,28-31,39H,13,27H2,1H3. The number of carbonyl (C=O) groups is 1. The van der Waals surface area contributed by atoms with Crippen LogP contribution >= 0.6 is 0 Å². The van der Waals surface area contributed by atoms with Crippen molar-refractivity contribution in [3.05, 3.63) is 231 Å². The molecule has 6 aromatic carbocycles. The van der Waals surface area contributed by atoms with Crippen molar-refractivity contribution < 1.29 is 4.79 Å². The Bertz CT molecular complexity index is 2740. The summed E-state index contributed by atoms with van der Waals surface area (Å²) in [6.07, 6.45) is 11.0. The molecule has 6 aliphatic rings. The van der Waals surface area contributed by atoms with E-state index in [1.165, 1.54) is 83.5 Å². The Morgan fingerprint density at radius 1 is 0.566 bits per heavy atom. The minimum absolute atomic E-state index is 0.104. The fraction of sp³-hybridized carbons (Fsp3) is 0.135. The van der Waals surface area contributed by atoms with Gasteiger partial charge in [0.15, 0.2) is 5.78 Å². The molecule has 0 aliphatic heterocycles. The molecule has 0 amide bonds. The lowest BCUT2D eigenvalue weighted by Gasteiger charge is -2.36. The predicted octanol–water partition coefficient (Wildman–Crippen LogP) is 11.9. The molecule has 12 rings (SSSR count). The first-order valence-corrected chi connectivity index (χ1v) is 19.1. The van der Waals surface area contributed by atoms with E-state index in [0.29, 0.717) is 5.92 Å². The molecular formula is C52H36O. The van der Waals surface area contributed by atoms with Gasteiger partial charge in [0.05, 0.1) is 10.8 Å². The van der Waals surface area contributed by atoms with Crippen molar-refractivity contribution in [3.8, 4) is 22.3 Å². The van der Waals surface area contributed by atoms with Crippen LogP contribution in [0.5, 0.6) is 0 Å². The van der Waals surface area contributed by atoms with E-state index in [4.69, 9.17) is 0 Å². The first-order chi connectivity index (χ1) is 26.1. The van der Waals surface area contributed by atoms with Crippen molar-refractivity contribution in [2.45, 2.75) is 36.5 Å². The molecule has 1 nitrogen and oxygen atoms in total. The maximum Gasteiger partial charge on any atom is 0.192 e. The first-order valence-electron chi connectivity index (χ1n) is 19.1. The van der Waals surface area contributed by atoms with Gasteiger partial charge in [-0.15, -0.1) is 0 Å². The van der Waals surface area contributed by atoms with E-state index in [0.717, 1.165) is 24.0 Å². The van der Waals surface area contributed by atoms with Crippen molar-refractivity contribution >= 4 is 11.4 Å². The second kappa shape index (κ2) is 10.3. The number of benzene rings is 6. The molecule has 6 aliphatic carbocycles. The number of carbonyl (C=O) groups excluding carboxylic acids is 1. The molecule has 1 heteroatoms. The van der Waals surface area contributed by atoms with Crippen molar-refractivity contribution in [2.75, 3.05) is 0 Å². The summed E-state index contributed by atoms with van der Waals surface area (Å²) in [6, 6.07) is 51.4.